The molecular formula is C24H32N8O. The number of piperazine rings is 1. The largest absolute Gasteiger partial charge is 0.395 e. The van der Waals surface area contributed by atoms with Crippen molar-refractivity contribution in [3.05, 3.63) is 47.8 Å². The third-order valence-corrected chi connectivity index (χ3v) is 6.80. The maximum Gasteiger partial charge on any atom is 0.229 e. The number of hydrogen-bond acceptors (Lipinski definition) is 8. The van der Waals surface area contributed by atoms with Gasteiger partial charge in [0.15, 0.2) is 5.82 Å². The monoisotopic (exact) mass is 448 g/mol. The predicted octanol–water partition coefficient (Wildman–Crippen LogP) is 2.42. The lowest BCUT2D eigenvalue weighted by Crippen LogP contribution is -2.44. The van der Waals surface area contributed by atoms with Gasteiger partial charge >= 0.3 is 0 Å². The van der Waals surface area contributed by atoms with E-state index < -0.39 is 5.41 Å². The highest BCUT2D eigenvalue weighted by Crippen LogP contribution is 2.42. The summed E-state index contributed by atoms with van der Waals surface area (Å²) in [7, 11) is 4.07. The SMILES string of the molecule is Cc1cc(Nc2ncc3c(n2)N(c2ccn(C)n2)C[C@]3(C)CO)ccc1N1CCN(C)CC1. The van der Waals surface area contributed by atoms with Gasteiger partial charge in [-0.2, -0.15) is 10.1 Å². The van der Waals surface area contributed by atoms with Gasteiger partial charge in [-0.25, -0.2) is 4.98 Å². The molecular weight excluding hydrogens is 416 g/mol. The first-order chi connectivity index (χ1) is 15.9. The molecule has 1 aromatic carbocycles. The summed E-state index contributed by atoms with van der Waals surface area (Å²) < 4.78 is 1.77. The highest BCUT2D eigenvalue weighted by molar-refractivity contribution is 5.69. The zero-order valence-corrected chi connectivity index (χ0v) is 19.8. The third kappa shape index (κ3) is 4.02. The van der Waals surface area contributed by atoms with Crippen molar-refractivity contribution in [1.82, 2.24) is 24.6 Å². The highest BCUT2D eigenvalue weighted by Gasteiger charge is 2.41. The summed E-state index contributed by atoms with van der Waals surface area (Å²) in [4.78, 5) is 16.3. The summed E-state index contributed by atoms with van der Waals surface area (Å²) in [5.74, 6) is 2.13. The Morgan fingerprint density at radius 3 is 2.58 bits per heavy atom. The Bertz CT molecular complexity index is 1150. The van der Waals surface area contributed by atoms with Gasteiger partial charge in [0.25, 0.3) is 0 Å². The van der Waals surface area contributed by atoms with Gasteiger partial charge in [0.1, 0.15) is 5.82 Å². The van der Waals surface area contributed by atoms with Crippen LogP contribution in [0.3, 0.4) is 0 Å². The zero-order chi connectivity index (χ0) is 23.2. The Morgan fingerprint density at radius 2 is 1.91 bits per heavy atom. The van der Waals surface area contributed by atoms with Crippen LogP contribution in [-0.2, 0) is 12.5 Å². The van der Waals surface area contributed by atoms with Crippen molar-refractivity contribution in [3.8, 4) is 0 Å². The Kier molecular flexibility index (Phi) is 5.46. The van der Waals surface area contributed by atoms with E-state index in [9.17, 15) is 5.11 Å². The average molecular weight is 449 g/mol. The second-order valence-electron chi connectivity index (χ2n) is 9.50. The first kappa shape index (κ1) is 21.7. The molecule has 3 aromatic rings. The summed E-state index contributed by atoms with van der Waals surface area (Å²) in [6, 6.07) is 8.38. The summed E-state index contributed by atoms with van der Waals surface area (Å²) in [6.07, 6.45) is 3.74. The lowest BCUT2D eigenvalue weighted by molar-refractivity contribution is 0.216. The molecule has 174 valence electrons. The number of aliphatic hydroxyl groups excluding tert-OH is 1. The predicted molar refractivity (Wildman–Crippen MR) is 131 cm³/mol. The number of fused-ring (bicyclic) bond motifs is 1. The van der Waals surface area contributed by atoms with Gasteiger partial charge in [0, 0.05) is 80.6 Å². The van der Waals surface area contributed by atoms with Crippen molar-refractivity contribution in [3.63, 3.8) is 0 Å². The van der Waals surface area contributed by atoms with E-state index >= 15 is 0 Å². The molecule has 0 bridgehead atoms. The van der Waals surface area contributed by atoms with Crippen LogP contribution >= 0.6 is 0 Å². The maximum atomic E-state index is 10.1. The topological polar surface area (TPSA) is 85.6 Å². The number of nitrogens with one attached hydrogen (secondary N) is 1. The number of rotatable bonds is 5. The second kappa shape index (κ2) is 8.31. The van der Waals surface area contributed by atoms with Crippen molar-refractivity contribution >= 4 is 29.0 Å². The molecule has 1 fully saturated rings. The number of anilines is 5. The van der Waals surface area contributed by atoms with Crippen molar-refractivity contribution in [2.24, 2.45) is 7.05 Å². The minimum atomic E-state index is -0.438. The van der Waals surface area contributed by atoms with Gasteiger partial charge in [-0.1, -0.05) is 6.92 Å². The van der Waals surface area contributed by atoms with Gasteiger partial charge in [-0.05, 0) is 37.7 Å². The quantitative estimate of drug-likeness (QED) is 0.616. The first-order valence-corrected chi connectivity index (χ1v) is 11.4. The van der Waals surface area contributed by atoms with E-state index in [1.165, 1.54) is 11.3 Å². The molecule has 4 heterocycles. The van der Waals surface area contributed by atoms with Gasteiger partial charge in [-0.15, -0.1) is 0 Å². The molecule has 2 aliphatic heterocycles. The van der Waals surface area contributed by atoms with Crippen LogP contribution in [0.5, 0.6) is 0 Å². The molecule has 2 aliphatic rings. The first-order valence-electron chi connectivity index (χ1n) is 11.4. The number of likely N-dealkylation sites (N-methyl/N-ethyl adjacent to an activating group) is 1. The molecule has 0 amide bonds. The molecule has 1 saturated heterocycles. The van der Waals surface area contributed by atoms with Gasteiger partial charge < -0.3 is 25.1 Å². The fraction of sp³-hybridized carbons (Fsp3) is 0.458. The Morgan fingerprint density at radius 1 is 1.12 bits per heavy atom. The lowest BCUT2D eigenvalue weighted by Gasteiger charge is -2.35. The molecule has 0 saturated carbocycles. The fourth-order valence-corrected chi connectivity index (χ4v) is 4.71. The fourth-order valence-electron chi connectivity index (χ4n) is 4.71. The molecule has 0 spiro atoms. The normalized spacial score (nSPS) is 20.9. The number of aromatic nitrogens is 4. The highest BCUT2D eigenvalue weighted by atomic mass is 16.3. The standard InChI is InChI=1S/C24H32N8O/c1-17-13-18(5-6-20(17)31-11-9-29(3)10-12-31)26-23-25-14-19-22(27-23)32(15-24(19,2)16-33)21-7-8-30(4)28-21/h5-8,13-14,33H,9-12,15-16H2,1-4H3,(H,25,26,27)/t24-/m1/s1. The molecule has 0 aliphatic carbocycles. The van der Waals surface area contributed by atoms with Crippen LogP contribution in [0, 0.1) is 6.92 Å². The van der Waals surface area contributed by atoms with E-state index in [2.05, 4.69) is 62.3 Å². The van der Waals surface area contributed by atoms with Crippen LogP contribution in [-0.4, -0.2) is 76.1 Å². The average Bonchev–Trinajstić information content (AvgIpc) is 3.36. The molecule has 0 radical (unpaired) electrons. The van der Waals surface area contributed by atoms with E-state index in [1.807, 2.05) is 32.4 Å². The van der Waals surface area contributed by atoms with Crippen molar-refractivity contribution in [1.29, 1.82) is 0 Å². The second-order valence-corrected chi connectivity index (χ2v) is 9.50. The summed E-state index contributed by atoms with van der Waals surface area (Å²) in [5, 5.41) is 18.0. The number of nitrogens with zero attached hydrogens (tertiary/aromatic N) is 7. The van der Waals surface area contributed by atoms with Crippen LogP contribution in [0.25, 0.3) is 0 Å². The minimum Gasteiger partial charge on any atom is -0.395 e. The van der Waals surface area contributed by atoms with Crippen LogP contribution in [0.1, 0.15) is 18.1 Å². The minimum absolute atomic E-state index is 0.0203. The molecule has 2 aromatic heterocycles. The molecule has 33 heavy (non-hydrogen) atoms. The number of benzene rings is 1. The van der Waals surface area contributed by atoms with E-state index in [1.54, 1.807) is 4.68 Å². The molecule has 9 nitrogen and oxygen atoms in total. The Labute approximate surface area is 194 Å². The van der Waals surface area contributed by atoms with E-state index in [0.29, 0.717) is 12.5 Å². The van der Waals surface area contributed by atoms with E-state index in [0.717, 1.165) is 49.1 Å². The molecule has 1 atom stereocenters. The van der Waals surface area contributed by atoms with E-state index in [-0.39, 0.29) is 6.61 Å². The van der Waals surface area contributed by atoms with Crippen molar-refractivity contribution < 1.29 is 5.11 Å². The van der Waals surface area contributed by atoms with Gasteiger partial charge in [0.05, 0.1) is 6.61 Å². The van der Waals surface area contributed by atoms with Crippen LogP contribution in [0.15, 0.2) is 36.7 Å². The van der Waals surface area contributed by atoms with Crippen molar-refractivity contribution in [2.75, 3.05) is 61.5 Å². The van der Waals surface area contributed by atoms with Crippen LogP contribution in [0.4, 0.5) is 29.0 Å². The number of aryl methyl sites for hydroxylation is 2. The molecule has 5 rings (SSSR count). The molecule has 9 heteroatoms. The molecule has 0 unspecified atom stereocenters. The lowest BCUT2D eigenvalue weighted by atomic mass is 9.87. The summed E-state index contributed by atoms with van der Waals surface area (Å²) in [5.41, 5.74) is 3.96. The Balaban J connectivity index is 1.40. The van der Waals surface area contributed by atoms with Gasteiger partial charge in [-0.3, -0.25) is 4.68 Å². The molecule has 2 N–H and O–H groups in total. The zero-order valence-electron chi connectivity index (χ0n) is 19.8. The van der Waals surface area contributed by atoms with Crippen LogP contribution in [0.2, 0.25) is 0 Å². The van der Waals surface area contributed by atoms with Crippen molar-refractivity contribution in [2.45, 2.75) is 19.3 Å². The van der Waals surface area contributed by atoms with Crippen LogP contribution < -0.4 is 15.1 Å². The van der Waals surface area contributed by atoms with E-state index in [4.69, 9.17) is 4.98 Å². The number of hydrogen-bond donors (Lipinski definition) is 2. The summed E-state index contributed by atoms with van der Waals surface area (Å²) in [6.45, 7) is 9.07. The smallest absolute Gasteiger partial charge is 0.229 e. The maximum absolute atomic E-state index is 10.1. The number of aliphatic hydroxyl groups is 1. The third-order valence-electron chi connectivity index (χ3n) is 6.80. The summed E-state index contributed by atoms with van der Waals surface area (Å²) >= 11 is 0. The Hall–Kier alpha value is -3.17. The van der Waals surface area contributed by atoms with Gasteiger partial charge in [0.2, 0.25) is 5.95 Å².